The van der Waals surface area contributed by atoms with Crippen molar-refractivity contribution < 1.29 is 45.4 Å². The van der Waals surface area contributed by atoms with Gasteiger partial charge in [0.1, 0.15) is 45.9 Å². The molecule has 2 aliphatic carbocycles. The molecular formula is C45H55F3N6O7S2. The van der Waals surface area contributed by atoms with Gasteiger partial charge in [0, 0.05) is 34.5 Å². The smallest absolute Gasteiger partial charge is 0.416 e. The molecule has 5 atom stereocenters. The molecule has 3 fully saturated rings. The summed E-state index contributed by atoms with van der Waals surface area (Å²) in [4.78, 5) is 54.7. The number of methoxy groups -OCH3 is 1. The van der Waals surface area contributed by atoms with Crippen LogP contribution in [0.2, 0.25) is 0 Å². The van der Waals surface area contributed by atoms with Gasteiger partial charge < -0.3 is 25.0 Å². The summed E-state index contributed by atoms with van der Waals surface area (Å²) in [5, 5.41) is 9.19. The van der Waals surface area contributed by atoms with E-state index >= 15 is 0 Å². The van der Waals surface area contributed by atoms with Gasteiger partial charge in [0.05, 0.1) is 35.2 Å². The molecule has 2 aromatic carbocycles. The second-order valence-electron chi connectivity index (χ2n) is 18.7. The van der Waals surface area contributed by atoms with Gasteiger partial charge in [-0.1, -0.05) is 54.0 Å². The number of hydrogen-bond acceptors (Lipinski definition) is 11. The highest BCUT2D eigenvalue weighted by molar-refractivity contribution is 7.91. The predicted molar refractivity (Wildman–Crippen MR) is 235 cm³/mol. The van der Waals surface area contributed by atoms with Crippen LogP contribution in [0, 0.1) is 18.3 Å². The van der Waals surface area contributed by atoms with Crippen molar-refractivity contribution in [2.45, 2.75) is 128 Å². The van der Waals surface area contributed by atoms with Crippen molar-refractivity contribution in [2.24, 2.45) is 11.3 Å². The van der Waals surface area contributed by atoms with Crippen molar-refractivity contribution in [1.82, 2.24) is 24.9 Å². The van der Waals surface area contributed by atoms with Gasteiger partial charge in [0.15, 0.2) is 0 Å². The molecule has 13 nitrogen and oxygen atoms in total. The highest BCUT2D eigenvalue weighted by atomic mass is 32.2. The summed E-state index contributed by atoms with van der Waals surface area (Å²) >= 11 is 1.44. The number of amides is 3. The molecule has 3 aliphatic rings. The Morgan fingerprint density at radius 3 is 2.35 bits per heavy atom. The number of fused-ring (bicyclic) bond motifs is 1. The van der Waals surface area contributed by atoms with Crippen LogP contribution in [0.3, 0.4) is 0 Å². The lowest BCUT2D eigenvalue weighted by atomic mass is 9.85. The largest absolute Gasteiger partial charge is 0.496 e. The Morgan fingerprint density at radius 2 is 1.76 bits per heavy atom. The first-order chi connectivity index (χ1) is 29.4. The lowest BCUT2D eigenvalue weighted by Gasteiger charge is -2.36. The quantitative estimate of drug-likeness (QED) is 0.113. The monoisotopic (exact) mass is 912 g/mol. The fourth-order valence-corrected chi connectivity index (χ4v) is 10.4. The standard InChI is InChI=1S/C45H55F3N6O7S2/c1-10-26-21-44(26,41(57)53-63(58,59)43(8)16-17-43)52-38(55)33-19-29(22-54(33)40(56)37(42(5,6)7)49-28-13-11-12-27(18-28)45(46,47)48)61-35-20-31(39-51-32(23-62-39)24(2)3)50-36-25(4)34(60-9)15-14-30(35)36/h11-15,18,20,23-24,26,29,33,37,49H,10,16-17,19,21-22H2,1-9H3,(H,52,55)(H,53,57)/t26?,29-,33+,37-,44-/m1/s1. The number of nitrogens with zero attached hydrogens (tertiary/aromatic N) is 3. The summed E-state index contributed by atoms with van der Waals surface area (Å²) < 4.78 is 81.3. The number of benzene rings is 2. The maximum atomic E-state index is 15.0. The number of aromatic nitrogens is 2. The first kappa shape index (κ1) is 46.0. The third kappa shape index (κ3) is 9.06. The van der Waals surface area contributed by atoms with E-state index in [0.29, 0.717) is 52.4 Å². The van der Waals surface area contributed by atoms with Crippen LogP contribution in [-0.2, 0) is 30.6 Å². The van der Waals surface area contributed by atoms with E-state index in [9.17, 15) is 36.0 Å². The van der Waals surface area contributed by atoms with Gasteiger partial charge in [-0.05, 0) is 80.7 Å². The molecule has 2 saturated carbocycles. The number of likely N-dealkylation sites (tertiary alicyclic amines) is 1. The average molecular weight is 913 g/mol. The highest BCUT2D eigenvalue weighted by Gasteiger charge is 2.63. The van der Waals surface area contributed by atoms with Crippen LogP contribution in [0.15, 0.2) is 47.8 Å². The Bertz CT molecular complexity index is 2550. The molecule has 3 amide bonds. The molecule has 0 bridgehead atoms. The Labute approximate surface area is 370 Å². The van der Waals surface area contributed by atoms with Gasteiger partial charge in [-0.2, -0.15) is 13.2 Å². The molecule has 18 heteroatoms. The fraction of sp³-hybridized carbons (Fsp3) is 0.533. The highest BCUT2D eigenvalue weighted by Crippen LogP contribution is 2.48. The Kier molecular flexibility index (Phi) is 12.1. The van der Waals surface area contributed by atoms with Gasteiger partial charge in [0.2, 0.25) is 21.8 Å². The second-order valence-corrected chi connectivity index (χ2v) is 21.7. The van der Waals surface area contributed by atoms with Crippen LogP contribution in [0.1, 0.15) is 103 Å². The van der Waals surface area contributed by atoms with E-state index < -0.39 is 73.4 Å². The zero-order chi connectivity index (χ0) is 46.0. The Morgan fingerprint density at radius 1 is 1.05 bits per heavy atom. The molecule has 7 rings (SSSR count). The van der Waals surface area contributed by atoms with Gasteiger partial charge in [-0.3, -0.25) is 19.1 Å². The van der Waals surface area contributed by atoms with E-state index in [0.717, 1.165) is 23.4 Å². The number of aryl methyl sites for hydroxylation is 1. The topological polar surface area (TPSA) is 169 Å². The summed E-state index contributed by atoms with van der Waals surface area (Å²) in [5.41, 5.74) is -0.459. The van der Waals surface area contributed by atoms with Crippen molar-refractivity contribution >= 4 is 55.7 Å². The van der Waals surface area contributed by atoms with Crippen LogP contribution in [0.4, 0.5) is 18.9 Å². The molecule has 0 radical (unpaired) electrons. The van der Waals surface area contributed by atoms with Gasteiger partial charge in [-0.15, -0.1) is 11.3 Å². The Balaban J connectivity index is 1.26. The number of halogens is 3. The van der Waals surface area contributed by atoms with Crippen LogP contribution in [0.25, 0.3) is 21.6 Å². The van der Waals surface area contributed by atoms with Crippen LogP contribution >= 0.6 is 11.3 Å². The van der Waals surface area contributed by atoms with E-state index in [1.54, 1.807) is 46.9 Å². The van der Waals surface area contributed by atoms with E-state index in [1.807, 2.05) is 39.1 Å². The van der Waals surface area contributed by atoms with E-state index in [1.165, 1.54) is 28.4 Å². The maximum absolute atomic E-state index is 15.0. The van der Waals surface area contributed by atoms with Crippen molar-refractivity contribution in [1.29, 1.82) is 0 Å². The number of hydrogen-bond donors (Lipinski definition) is 3. The number of rotatable bonds is 14. The normalized spacial score (nSPS) is 22.4. The zero-order valence-electron chi connectivity index (χ0n) is 36.9. The third-order valence-electron chi connectivity index (χ3n) is 12.6. The molecular weight excluding hydrogens is 858 g/mol. The molecule has 2 aromatic heterocycles. The number of carbonyl (C=O) groups excluding carboxylic acids is 3. The number of carbonyl (C=O) groups is 3. The molecule has 4 aromatic rings. The lowest BCUT2D eigenvalue weighted by Crippen LogP contribution is -2.59. The summed E-state index contributed by atoms with van der Waals surface area (Å²) in [7, 11) is -2.47. The summed E-state index contributed by atoms with van der Waals surface area (Å²) in [6.07, 6.45) is -4.00. The molecule has 340 valence electrons. The minimum absolute atomic E-state index is 0.0358. The summed E-state index contributed by atoms with van der Waals surface area (Å²) in [6, 6.07) is 7.60. The number of anilines is 1. The van der Waals surface area contributed by atoms with Crippen molar-refractivity contribution in [2.75, 3.05) is 19.0 Å². The second kappa shape index (κ2) is 16.5. The molecule has 63 heavy (non-hydrogen) atoms. The average Bonchev–Trinajstić information content (AvgIpc) is 4.00. The Hall–Kier alpha value is -4.97. The van der Waals surface area contributed by atoms with Gasteiger partial charge >= 0.3 is 6.18 Å². The van der Waals surface area contributed by atoms with Gasteiger partial charge in [0.25, 0.3) is 5.91 Å². The summed E-state index contributed by atoms with van der Waals surface area (Å²) in [6.45, 7) is 14.5. The van der Waals surface area contributed by atoms with Crippen LogP contribution in [-0.4, -0.2) is 83.1 Å². The molecule has 3 heterocycles. The van der Waals surface area contributed by atoms with E-state index in [4.69, 9.17) is 19.4 Å². The number of ether oxygens (including phenoxy) is 2. The number of pyridine rings is 1. The van der Waals surface area contributed by atoms with E-state index in [2.05, 4.69) is 15.4 Å². The number of nitrogens with one attached hydrogen (secondary N) is 3. The lowest BCUT2D eigenvalue weighted by molar-refractivity contribution is -0.141. The molecule has 0 spiro atoms. The van der Waals surface area contributed by atoms with Crippen LogP contribution < -0.4 is 24.8 Å². The van der Waals surface area contributed by atoms with Crippen molar-refractivity contribution in [3.8, 4) is 22.2 Å². The fourth-order valence-electron chi connectivity index (χ4n) is 8.19. The number of sulfonamides is 1. The molecule has 3 N–H and O–H groups in total. The van der Waals surface area contributed by atoms with Crippen LogP contribution in [0.5, 0.6) is 11.5 Å². The maximum Gasteiger partial charge on any atom is 0.416 e. The SMILES string of the molecule is CCC1C[C@]1(NC(=O)[C@@H]1C[C@@H](Oc2cc(-c3nc(C(C)C)cs3)nc3c(C)c(OC)ccc23)CN1C(=O)[C@@H](Nc1cccc(C(F)(F)F)c1)C(C)(C)C)C(=O)NS(=O)(=O)C1(C)CC1. The minimum atomic E-state index is -4.63. The zero-order valence-corrected chi connectivity index (χ0v) is 38.5. The van der Waals surface area contributed by atoms with E-state index in [-0.39, 0.29) is 36.9 Å². The van der Waals surface area contributed by atoms with Gasteiger partial charge in [-0.25, -0.2) is 18.4 Å². The minimum Gasteiger partial charge on any atom is -0.496 e. The first-order valence-electron chi connectivity index (χ1n) is 21.1. The van der Waals surface area contributed by atoms with Crippen molar-refractivity contribution in [3.63, 3.8) is 0 Å². The first-order valence-corrected chi connectivity index (χ1v) is 23.5. The predicted octanol–water partition coefficient (Wildman–Crippen LogP) is 7.98. The number of alkyl halides is 3. The molecule has 1 aliphatic heterocycles. The van der Waals surface area contributed by atoms with Crippen molar-refractivity contribution in [3.05, 3.63) is 64.7 Å². The summed E-state index contributed by atoms with van der Waals surface area (Å²) in [5.74, 6) is -1.26. The molecule has 1 unspecified atom stereocenters. The number of thiazole rings is 1. The third-order valence-corrected chi connectivity index (χ3v) is 15.7. The molecule has 1 saturated heterocycles.